The highest BCUT2D eigenvalue weighted by atomic mass is 16.5. The van der Waals surface area contributed by atoms with Crippen molar-refractivity contribution in [2.45, 2.75) is 20.0 Å². The summed E-state index contributed by atoms with van der Waals surface area (Å²) in [7, 11) is 1.54. The number of nitrogens with zero attached hydrogens (tertiary/aromatic N) is 2. The molecule has 1 amide bonds. The van der Waals surface area contributed by atoms with Crippen LogP contribution in [0, 0.1) is 0 Å². The zero-order chi connectivity index (χ0) is 20.9. The average Bonchev–Trinajstić information content (AvgIpc) is 2.95. The first-order valence-corrected chi connectivity index (χ1v) is 10.0. The summed E-state index contributed by atoms with van der Waals surface area (Å²) in [5, 5.41) is 0. The van der Waals surface area contributed by atoms with Gasteiger partial charge in [0.1, 0.15) is 5.75 Å². The van der Waals surface area contributed by atoms with E-state index in [2.05, 4.69) is 29.3 Å². The molecule has 0 radical (unpaired) electrons. The van der Waals surface area contributed by atoms with E-state index in [0.29, 0.717) is 37.0 Å². The fourth-order valence-electron chi connectivity index (χ4n) is 3.74. The van der Waals surface area contributed by atoms with Crippen molar-refractivity contribution < 1.29 is 14.3 Å². The molecule has 0 unspecified atom stereocenters. The Hall–Kier alpha value is -3.60. The van der Waals surface area contributed by atoms with Crippen LogP contribution in [-0.4, -0.2) is 30.5 Å². The van der Waals surface area contributed by atoms with Gasteiger partial charge in [0.2, 0.25) is 0 Å². The van der Waals surface area contributed by atoms with Gasteiger partial charge in [0, 0.05) is 13.1 Å². The highest BCUT2D eigenvalue weighted by Crippen LogP contribution is 2.32. The lowest BCUT2D eigenvalue weighted by molar-refractivity contribution is 0.0990. The van der Waals surface area contributed by atoms with E-state index >= 15 is 0 Å². The lowest BCUT2D eigenvalue weighted by Crippen LogP contribution is -2.32. The van der Waals surface area contributed by atoms with Gasteiger partial charge >= 0.3 is 0 Å². The standard InChI is InChI=1S/C25H24N2O3/c1-3-30-25(26-24(28)22-14-8-9-15-23(22)29-2)27-16-18-10-4-6-12-20(18)21-13-7-5-11-19(21)17-27/h4-15H,3,16-17H2,1-2H3. The van der Waals surface area contributed by atoms with Crippen LogP contribution >= 0.6 is 0 Å². The molecule has 1 aliphatic rings. The fraction of sp³-hybridized carbons (Fsp3) is 0.200. The molecule has 5 heteroatoms. The summed E-state index contributed by atoms with van der Waals surface area (Å²) >= 11 is 0. The minimum atomic E-state index is -0.387. The number of hydrogen-bond acceptors (Lipinski definition) is 3. The molecular formula is C25H24N2O3. The predicted octanol–water partition coefficient (Wildman–Crippen LogP) is 4.91. The summed E-state index contributed by atoms with van der Waals surface area (Å²) in [6, 6.07) is 24.0. The Bertz CT molecular complexity index is 1040. The Kier molecular flexibility index (Phi) is 5.80. The van der Waals surface area contributed by atoms with E-state index in [-0.39, 0.29) is 5.91 Å². The number of methoxy groups -OCH3 is 1. The number of amides is 1. The number of aliphatic imine (C=N–C) groups is 1. The highest BCUT2D eigenvalue weighted by molar-refractivity contribution is 6.03. The minimum absolute atomic E-state index is 0.319. The number of hydrogen-bond donors (Lipinski definition) is 0. The number of ether oxygens (including phenoxy) is 2. The third kappa shape index (κ3) is 3.92. The summed E-state index contributed by atoms with van der Waals surface area (Å²) in [6.45, 7) is 3.51. The molecule has 0 bridgehead atoms. The number of para-hydroxylation sites is 1. The maximum atomic E-state index is 13.0. The van der Waals surface area contributed by atoms with Gasteiger partial charge in [-0.15, -0.1) is 0 Å². The van der Waals surface area contributed by atoms with E-state index in [0.717, 1.165) is 0 Å². The Labute approximate surface area is 176 Å². The SMILES string of the molecule is CCOC(=NC(=O)c1ccccc1OC)N1Cc2ccccc2-c2ccccc2C1. The second kappa shape index (κ2) is 8.82. The first-order valence-electron chi connectivity index (χ1n) is 10.0. The monoisotopic (exact) mass is 400 g/mol. The number of benzene rings is 3. The maximum Gasteiger partial charge on any atom is 0.296 e. The van der Waals surface area contributed by atoms with Crippen LogP contribution in [0.3, 0.4) is 0 Å². The Morgan fingerprint density at radius 1 is 0.900 bits per heavy atom. The molecule has 1 heterocycles. The molecule has 0 saturated carbocycles. The van der Waals surface area contributed by atoms with Gasteiger partial charge < -0.3 is 14.4 Å². The minimum Gasteiger partial charge on any atom is -0.496 e. The van der Waals surface area contributed by atoms with Gasteiger partial charge in [-0.05, 0) is 41.3 Å². The topological polar surface area (TPSA) is 51.1 Å². The van der Waals surface area contributed by atoms with Crippen molar-refractivity contribution >= 4 is 11.9 Å². The van der Waals surface area contributed by atoms with E-state index in [9.17, 15) is 4.79 Å². The van der Waals surface area contributed by atoms with E-state index in [1.54, 1.807) is 25.3 Å². The van der Waals surface area contributed by atoms with Crippen LogP contribution < -0.4 is 4.74 Å². The van der Waals surface area contributed by atoms with E-state index in [1.807, 2.05) is 42.2 Å². The second-order valence-corrected chi connectivity index (χ2v) is 7.00. The quantitative estimate of drug-likeness (QED) is 0.463. The number of carbonyl (C=O) groups excluding carboxylic acids is 1. The summed E-state index contributed by atoms with van der Waals surface area (Å²) < 4.78 is 11.2. The second-order valence-electron chi connectivity index (χ2n) is 7.00. The molecule has 0 atom stereocenters. The number of fused-ring (bicyclic) bond motifs is 3. The van der Waals surface area contributed by atoms with Gasteiger partial charge in [-0.1, -0.05) is 60.7 Å². The summed E-state index contributed by atoms with van der Waals surface area (Å²) in [5.74, 6) is 0.107. The lowest BCUT2D eigenvalue weighted by Gasteiger charge is -2.24. The molecule has 0 fully saturated rings. The summed E-state index contributed by atoms with van der Waals surface area (Å²) in [4.78, 5) is 19.3. The molecule has 3 aromatic rings. The Balaban J connectivity index is 1.75. The van der Waals surface area contributed by atoms with Gasteiger partial charge in [0.25, 0.3) is 11.9 Å². The van der Waals surface area contributed by atoms with E-state index in [1.165, 1.54) is 22.3 Å². The summed E-state index contributed by atoms with van der Waals surface area (Å²) in [5.41, 5.74) is 5.14. The maximum absolute atomic E-state index is 13.0. The lowest BCUT2D eigenvalue weighted by atomic mass is 9.97. The van der Waals surface area contributed by atoms with Crippen molar-refractivity contribution in [2.75, 3.05) is 13.7 Å². The van der Waals surface area contributed by atoms with Crippen LogP contribution in [0.1, 0.15) is 28.4 Å². The third-order valence-corrected chi connectivity index (χ3v) is 5.13. The largest absolute Gasteiger partial charge is 0.496 e. The van der Waals surface area contributed by atoms with Crippen LogP contribution in [0.5, 0.6) is 5.75 Å². The van der Waals surface area contributed by atoms with Crippen LogP contribution in [0.25, 0.3) is 11.1 Å². The van der Waals surface area contributed by atoms with Gasteiger partial charge in [0.15, 0.2) is 0 Å². The van der Waals surface area contributed by atoms with Crippen molar-refractivity contribution in [3.63, 3.8) is 0 Å². The predicted molar refractivity (Wildman–Crippen MR) is 118 cm³/mol. The van der Waals surface area contributed by atoms with Crippen LogP contribution in [0.15, 0.2) is 77.8 Å². The highest BCUT2D eigenvalue weighted by Gasteiger charge is 2.23. The first-order chi connectivity index (χ1) is 14.7. The molecule has 152 valence electrons. The number of rotatable bonds is 3. The molecule has 3 aromatic carbocycles. The van der Waals surface area contributed by atoms with Crippen molar-refractivity contribution in [1.29, 1.82) is 0 Å². The van der Waals surface area contributed by atoms with Gasteiger partial charge in [0.05, 0.1) is 19.3 Å². The van der Waals surface area contributed by atoms with Crippen molar-refractivity contribution in [3.8, 4) is 16.9 Å². The van der Waals surface area contributed by atoms with E-state index < -0.39 is 0 Å². The molecule has 30 heavy (non-hydrogen) atoms. The molecule has 5 nitrogen and oxygen atoms in total. The number of carbonyl (C=O) groups is 1. The molecule has 0 spiro atoms. The smallest absolute Gasteiger partial charge is 0.296 e. The van der Waals surface area contributed by atoms with Gasteiger partial charge in [-0.2, -0.15) is 4.99 Å². The molecular weight excluding hydrogens is 376 g/mol. The average molecular weight is 400 g/mol. The molecule has 1 aliphatic heterocycles. The molecule has 0 saturated heterocycles. The molecule has 0 aromatic heterocycles. The zero-order valence-electron chi connectivity index (χ0n) is 17.2. The van der Waals surface area contributed by atoms with E-state index in [4.69, 9.17) is 9.47 Å². The molecule has 0 N–H and O–H groups in total. The van der Waals surface area contributed by atoms with Gasteiger partial charge in [-0.3, -0.25) is 4.79 Å². The van der Waals surface area contributed by atoms with Crippen molar-refractivity contribution in [2.24, 2.45) is 4.99 Å². The zero-order valence-corrected chi connectivity index (χ0v) is 17.2. The third-order valence-electron chi connectivity index (χ3n) is 5.13. The Morgan fingerprint density at radius 3 is 2.07 bits per heavy atom. The first kappa shape index (κ1) is 19.7. The number of amidine groups is 1. The molecule has 0 aliphatic carbocycles. The van der Waals surface area contributed by atoms with Crippen LogP contribution in [0.2, 0.25) is 0 Å². The van der Waals surface area contributed by atoms with Crippen LogP contribution in [0.4, 0.5) is 0 Å². The van der Waals surface area contributed by atoms with Gasteiger partial charge in [-0.25, -0.2) is 0 Å². The fourth-order valence-corrected chi connectivity index (χ4v) is 3.74. The van der Waals surface area contributed by atoms with Crippen molar-refractivity contribution in [1.82, 2.24) is 4.90 Å². The van der Waals surface area contributed by atoms with Crippen molar-refractivity contribution in [3.05, 3.63) is 89.5 Å². The summed E-state index contributed by atoms with van der Waals surface area (Å²) in [6.07, 6.45) is 0. The Morgan fingerprint density at radius 2 is 1.47 bits per heavy atom. The molecule has 4 rings (SSSR count). The van der Waals surface area contributed by atoms with Crippen LogP contribution in [-0.2, 0) is 17.8 Å². The normalized spacial score (nSPS) is 13.1.